The predicted octanol–water partition coefficient (Wildman–Crippen LogP) is 7.05. The molecule has 37 heavy (non-hydrogen) atoms. The zero-order valence-corrected chi connectivity index (χ0v) is 21.8. The number of aromatic nitrogens is 2. The molecule has 0 fully saturated rings. The van der Waals surface area contributed by atoms with Gasteiger partial charge in [-0.2, -0.15) is 5.10 Å². The number of halogens is 1. The van der Waals surface area contributed by atoms with Gasteiger partial charge in [0.2, 0.25) is 0 Å². The molecule has 4 aromatic rings. The predicted molar refractivity (Wildman–Crippen MR) is 145 cm³/mol. The van der Waals surface area contributed by atoms with Gasteiger partial charge in [0.1, 0.15) is 5.69 Å². The number of amides is 1. The fraction of sp³-hybridized carbons (Fsp3) is 0.267. The van der Waals surface area contributed by atoms with Crippen LogP contribution in [0.5, 0.6) is 11.5 Å². The van der Waals surface area contributed by atoms with Crippen molar-refractivity contribution >= 4 is 17.5 Å². The summed E-state index contributed by atoms with van der Waals surface area (Å²) in [4.78, 5) is 15.6. The Morgan fingerprint density at radius 2 is 1.76 bits per heavy atom. The lowest BCUT2D eigenvalue weighted by molar-refractivity contribution is 0.0729. The van der Waals surface area contributed by atoms with E-state index in [1.165, 1.54) is 0 Å². The second-order valence-corrected chi connectivity index (χ2v) is 9.47. The van der Waals surface area contributed by atoms with E-state index in [9.17, 15) is 4.79 Å². The molecule has 1 amide bonds. The molecule has 0 saturated carbocycles. The van der Waals surface area contributed by atoms with Crippen LogP contribution < -0.4 is 9.47 Å². The molecule has 0 aliphatic carbocycles. The number of hydrogen-bond donors (Lipinski definition) is 1. The molecule has 1 aliphatic rings. The third-order valence-electron chi connectivity index (χ3n) is 6.52. The summed E-state index contributed by atoms with van der Waals surface area (Å²) in [6.45, 7) is 5.69. The van der Waals surface area contributed by atoms with Crippen molar-refractivity contribution < 1.29 is 14.3 Å². The number of carbonyl (C=O) groups excluding carboxylic acids is 1. The molecular formula is C30H30ClN3O3. The number of fused-ring (bicyclic) bond motifs is 1. The summed E-state index contributed by atoms with van der Waals surface area (Å²) < 4.78 is 12.0. The largest absolute Gasteiger partial charge is 0.490 e. The van der Waals surface area contributed by atoms with E-state index in [-0.39, 0.29) is 11.9 Å². The van der Waals surface area contributed by atoms with Crippen molar-refractivity contribution in [2.45, 2.75) is 39.3 Å². The number of benzene rings is 3. The van der Waals surface area contributed by atoms with Crippen LogP contribution in [0.3, 0.4) is 0 Å². The van der Waals surface area contributed by atoms with Gasteiger partial charge >= 0.3 is 0 Å². The van der Waals surface area contributed by atoms with E-state index < -0.39 is 0 Å². The van der Waals surface area contributed by atoms with E-state index in [4.69, 9.17) is 21.1 Å². The van der Waals surface area contributed by atoms with Gasteiger partial charge in [-0.1, -0.05) is 73.5 Å². The van der Waals surface area contributed by atoms with Gasteiger partial charge < -0.3 is 14.4 Å². The summed E-state index contributed by atoms with van der Waals surface area (Å²) in [6.07, 6.45) is 2.02. The molecule has 1 atom stereocenters. The standard InChI is InChI=1S/C30H30ClN3O3/c1-3-5-17-37-24-16-13-22(18-25(24)36-4-2)29-26-27(21-11-14-23(31)15-12-21)32-33-28(26)30(35)34(29)19-20-9-7-6-8-10-20/h6-16,18,29H,3-5,17,19H2,1-2H3,(H,32,33). The highest BCUT2D eigenvalue weighted by Gasteiger charge is 2.42. The van der Waals surface area contributed by atoms with Crippen molar-refractivity contribution in [3.05, 3.63) is 100 Å². The van der Waals surface area contributed by atoms with Gasteiger partial charge in [0.25, 0.3) is 5.91 Å². The number of ether oxygens (including phenoxy) is 2. The smallest absolute Gasteiger partial charge is 0.273 e. The Bertz CT molecular complexity index is 1370. The SMILES string of the molecule is CCCCOc1ccc(C2c3c(-c4ccc(Cl)cc4)n[nH]c3C(=O)N2Cc2ccccc2)cc1OCC. The second kappa shape index (κ2) is 11.1. The fourth-order valence-electron chi connectivity index (χ4n) is 4.72. The molecule has 0 saturated heterocycles. The Labute approximate surface area is 222 Å². The number of H-pyrrole nitrogens is 1. The van der Waals surface area contributed by atoms with Crippen molar-refractivity contribution in [1.29, 1.82) is 0 Å². The summed E-state index contributed by atoms with van der Waals surface area (Å²) in [6, 6.07) is 23.1. The highest BCUT2D eigenvalue weighted by molar-refractivity contribution is 6.30. The van der Waals surface area contributed by atoms with Crippen LogP contribution >= 0.6 is 11.6 Å². The second-order valence-electron chi connectivity index (χ2n) is 9.03. The Morgan fingerprint density at radius 3 is 2.49 bits per heavy atom. The van der Waals surface area contributed by atoms with Crippen molar-refractivity contribution in [2.24, 2.45) is 0 Å². The molecule has 0 radical (unpaired) electrons. The number of aromatic amines is 1. The third-order valence-corrected chi connectivity index (χ3v) is 6.77. The first-order valence-corrected chi connectivity index (χ1v) is 13.1. The molecule has 6 nitrogen and oxygen atoms in total. The molecule has 2 heterocycles. The van der Waals surface area contributed by atoms with Crippen LogP contribution in [-0.2, 0) is 6.54 Å². The molecule has 0 bridgehead atoms. The van der Waals surface area contributed by atoms with Gasteiger partial charge in [-0.05, 0) is 48.7 Å². The van der Waals surface area contributed by atoms with Crippen LogP contribution in [0.15, 0.2) is 72.8 Å². The van der Waals surface area contributed by atoms with Crippen molar-refractivity contribution in [3.63, 3.8) is 0 Å². The minimum atomic E-state index is -0.351. The van der Waals surface area contributed by atoms with Crippen LogP contribution in [0.25, 0.3) is 11.3 Å². The summed E-state index contributed by atoms with van der Waals surface area (Å²) in [5.74, 6) is 1.30. The van der Waals surface area contributed by atoms with E-state index in [2.05, 4.69) is 17.1 Å². The minimum absolute atomic E-state index is 0.0854. The molecule has 7 heteroatoms. The minimum Gasteiger partial charge on any atom is -0.490 e. The first-order chi connectivity index (χ1) is 18.1. The average Bonchev–Trinajstić information content (AvgIpc) is 3.45. The molecule has 1 N–H and O–H groups in total. The van der Waals surface area contributed by atoms with Crippen LogP contribution in [0, 0.1) is 0 Å². The molecule has 1 unspecified atom stereocenters. The lowest BCUT2D eigenvalue weighted by Crippen LogP contribution is -2.29. The molecule has 1 aliphatic heterocycles. The van der Waals surface area contributed by atoms with E-state index in [0.29, 0.717) is 42.0 Å². The maximum absolute atomic E-state index is 13.7. The average molecular weight is 516 g/mol. The topological polar surface area (TPSA) is 67.5 Å². The van der Waals surface area contributed by atoms with Gasteiger partial charge in [-0.25, -0.2) is 0 Å². The van der Waals surface area contributed by atoms with Crippen molar-refractivity contribution in [3.8, 4) is 22.8 Å². The number of nitrogens with one attached hydrogen (secondary N) is 1. The van der Waals surface area contributed by atoms with Gasteiger partial charge in [-0.15, -0.1) is 0 Å². The van der Waals surface area contributed by atoms with E-state index >= 15 is 0 Å². The summed E-state index contributed by atoms with van der Waals surface area (Å²) in [5.41, 5.74) is 4.98. The lowest BCUT2D eigenvalue weighted by atomic mass is 9.95. The zero-order chi connectivity index (χ0) is 25.8. The van der Waals surface area contributed by atoms with Gasteiger partial charge in [0.15, 0.2) is 11.5 Å². The highest BCUT2D eigenvalue weighted by Crippen LogP contribution is 2.45. The first-order valence-electron chi connectivity index (χ1n) is 12.7. The van der Waals surface area contributed by atoms with Gasteiger partial charge in [0, 0.05) is 22.7 Å². The van der Waals surface area contributed by atoms with Crippen molar-refractivity contribution in [2.75, 3.05) is 13.2 Å². The first kappa shape index (κ1) is 24.9. The van der Waals surface area contributed by atoms with E-state index in [1.54, 1.807) is 0 Å². The number of nitrogens with zero attached hydrogens (tertiary/aromatic N) is 2. The Kier molecular flexibility index (Phi) is 7.47. The van der Waals surface area contributed by atoms with Gasteiger partial charge in [-0.3, -0.25) is 9.89 Å². The summed E-state index contributed by atoms with van der Waals surface area (Å²) >= 11 is 6.14. The molecular weight excluding hydrogens is 486 g/mol. The summed E-state index contributed by atoms with van der Waals surface area (Å²) in [5, 5.41) is 8.23. The Hall–Kier alpha value is -3.77. The quantitative estimate of drug-likeness (QED) is 0.230. The number of rotatable bonds is 10. The Morgan fingerprint density at radius 1 is 0.973 bits per heavy atom. The number of hydrogen-bond acceptors (Lipinski definition) is 4. The van der Waals surface area contributed by atoms with Crippen LogP contribution in [0.4, 0.5) is 0 Å². The monoisotopic (exact) mass is 515 g/mol. The number of carbonyl (C=O) groups is 1. The molecule has 0 spiro atoms. The van der Waals surface area contributed by atoms with Crippen LogP contribution in [0.1, 0.15) is 59.9 Å². The highest BCUT2D eigenvalue weighted by atomic mass is 35.5. The van der Waals surface area contributed by atoms with E-state index in [0.717, 1.165) is 40.8 Å². The third kappa shape index (κ3) is 5.07. The fourth-order valence-corrected chi connectivity index (χ4v) is 4.85. The van der Waals surface area contributed by atoms with Crippen LogP contribution in [-0.4, -0.2) is 34.2 Å². The lowest BCUT2D eigenvalue weighted by Gasteiger charge is -2.27. The molecule has 3 aromatic carbocycles. The molecule has 1 aromatic heterocycles. The van der Waals surface area contributed by atoms with E-state index in [1.807, 2.05) is 84.6 Å². The molecule has 190 valence electrons. The molecule has 5 rings (SSSR count). The Balaban J connectivity index is 1.60. The van der Waals surface area contributed by atoms with Crippen LogP contribution in [0.2, 0.25) is 5.02 Å². The zero-order valence-electron chi connectivity index (χ0n) is 21.0. The van der Waals surface area contributed by atoms with Crippen molar-refractivity contribution in [1.82, 2.24) is 15.1 Å². The normalized spacial score (nSPS) is 14.6. The summed E-state index contributed by atoms with van der Waals surface area (Å²) in [7, 11) is 0. The maximum Gasteiger partial charge on any atom is 0.273 e. The number of unbranched alkanes of at least 4 members (excludes halogenated alkanes) is 1. The maximum atomic E-state index is 13.7. The van der Waals surface area contributed by atoms with Gasteiger partial charge in [0.05, 0.1) is 24.9 Å².